The normalized spacial score (nSPS) is 11.0. The molecule has 0 radical (unpaired) electrons. The number of carbonyl (C=O) groups excluding carboxylic acids is 1. The highest BCUT2D eigenvalue weighted by molar-refractivity contribution is 5.89. The quantitative estimate of drug-likeness (QED) is 0.644. The lowest BCUT2D eigenvalue weighted by Crippen LogP contribution is -2.39. The van der Waals surface area contributed by atoms with Gasteiger partial charge in [-0.3, -0.25) is 0 Å². The Morgan fingerprint density at radius 1 is 0.966 bits per heavy atom. The lowest BCUT2D eigenvalue weighted by molar-refractivity contribution is 0.249. The van der Waals surface area contributed by atoms with Gasteiger partial charge in [-0.15, -0.1) is 0 Å². The molecule has 0 fully saturated rings. The Labute approximate surface area is 174 Å². The van der Waals surface area contributed by atoms with Gasteiger partial charge in [-0.2, -0.15) is 0 Å². The van der Waals surface area contributed by atoms with Gasteiger partial charge in [0, 0.05) is 36.4 Å². The minimum atomic E-state index is -0.274. The van der Waals surface area contributed by atoms with E-state index in [4.69, 9.17) is 9.47 Å². The zero-order valence-electron chi connectivity index (χ0n) is 18.3. The summed E-state index contributed by atoms with van der Waals surface area (Å²) in [5, 5.41) is 5.86. The number of methoxy groups -OCH3 is 2. The third-order valence-electron chi connectivity index (χ3n) is 5.11. The summed E-state index contributed by atoms with van der Waals surface area (Å²) in [5.41, 5.74) is 2.70. The molecule has 0 unspecified atom stereocenters. The molecule has 2 aromatic carbocycles. The summed E-state index contributed by atoms with van der Waals surface area (Å²) < 4.78 is 10.7. The molecule has 0 spiro atoms. The van der Waals surface area contributed by atoms with E-state index in [0.717, 1.165) is 30.0 Å². The maximum absolute atomic E-state index is 12.4. The predicted octanol–water partition coefficient (Wildman–Crippen LogP) is 4.65. The second-order valence-electron chi connectivity index (χ2n) is 7.48. The Balaban J connectivity index is 1.97. The number of amides is 2. The van der Waals surface area contributed by atoms with Crippen molar-refractivity contribution in [3.8, 4) is 11.5 Å². The Morgan fingerprint density at radius 3 is 2.14 bits per heavy atom. The summed E-state index contributed by atoms with van der Waals surface area (Å²) in [5.74, 6) is 1.36. The number of benzene rings is 2. The van der Waals surface area contributed by atoms with Gasteiger partial charge in [-0.1, -0.05) is 19.9 Å². The number of rotatable bonds is 9. The van der Waals surface area contributed by atoms with Crippen molar-refractivity contribution in [2.45, 2.75) is 33.1 Å². The molecule has 29 heavy (non-hydrogen) atoms. The Hall–Kier alpha value is -2.89. The average Bonchev–Trinajstić information content (AvgIpc) is 2.74. The molecule has 2 N–H and O–H groups in total. The van der Waals surface area contributed by atoms with Gasteiger partial charge in [0.05, 0.1) is 14.2 Å². The summed E-state index contributed by atoms with van der Waals surface area (Å²) >= 11 is 0. The van der Waals surface area contributed by atoms with Crippen LogP contribution in [0.3, 0.4) is 0 Å². The summed E-state index contributed by atoms with van der Waals surface area (Å²) in [6.45, 7) is 10.8. The van der Waals surface area contributed by atoms with Gasteiger partial charge in [0.15, 0.2) is 11.5 Å². The minimum Gasteiger partial charge on any atom is -0.493 e. The van der Waals surface area contributed by atoms with Crippen LogP contribution >= 0.6 is 0 Å². The van der Waals surface area contributed by atoms with Crippen LogP contribution in [-0.2, 0) is 5.41 Å². The summed E-state index contributed by atoms with van der Waals surface area (Å²) in [7, 11) is 3.23. The van der Waals surface area contributed by atoms with Crippen LogP contribution in [0.4, 0.5) is 16.2 Å². The lowest BCUT2D eigenvalue weighted by Gasteiger charge is -2.26. The second kappa shape index (κ2) is 10.0. The van der Waals surface area contributed by atoms with Crippen molar-refractivity contribution >= 4 is 17.4 Å². The molecule has 0 aliphatic carbocycles. The van der Waals surface area contributed by atoms with E-state index in [2.05, 4.69) is 43.2 Å². The number of nitrogens with one attached hydrogen (secondary N) is 2. The zero-order chi connectivity index (χ0) is 21.4. The molecule has 2 rings (SSSR count). The van der Waals surface area contributed by atoms with E-state index in [1.807, 2.05) is 42.5 Å². The van der Waals surface area contributed by atoms with Gasteiger partial charge in [0.2, 0.25) is 0 Å². The van der Waals surface area contributed by atoms with Crippen molar-refractivity contribution in [1.82, 2.24) is 5.32 Å². The number of hydrogen-bond donors (Lipinski definition) is 2. The van der Waals surface area contributed by atoms with Crippen molar-refractivity contribution in [3.05, 3.63) is 48.0 Å². The standard InChI is InChI=1S/C23H33N3O3/c1-7-26(8-2)19-12-10-18(11-13-19)25-22(27)24-16-23(3,4)17-9-14-20(28-5)21(15-17)29-6/h9-15H,7-8,16H2,1-6H3,(H2,24,25,27). The Bertz CT molecular complexity index is 800. The third kappa shape index (κ3) is 5.79. The van der Waals surface area contributed by atoms with Crippen LogP contribution in [0.2, 0.25) is 0 Å². The van der Waals surface area contributed by atoms with Gasteiger partial charge in [0.1, 0.15) is 0 Å². The molecule has 0 saturated heterocycles. The largest absolute Gasteiger partial charge is 0.493 e. The van der Waals surface area contributed by atoms with Gasteiger partial charge in [-0.25, -0.2) is 4.79 Å². The first-order valence-electron chi connectivity index (χ1n) is 9.97. The van der Waals surface area contributed by atoms with Crippen LogP contribution < -0.4 is 25.0 Å². The molecular weight excluding hydrogens is 366 g/mol. The van der Waals surface area contributed by atoms with Crippen LogP contribution in [0.15, 0.2) is 42.5 Å². The fourth-order valence-corrected chi connectivity index (χ4v) is 3.18. The predicted molar refractivity (Wildman–Crippen MR) is 120 cm³/mol. The summed E-state index contributed by atoms with van der Waals surface area (Å²) in [6.07, 6.45) is 0. The first-order chi connectivity index (χ1) is 13.8. The van der Waals surface area contributed by atoms with Crippen molar-refractivity contribution in [1.29, 1.82) is 0 Å². The van der Waals surface area contributed by atoms with Crippen LogP contribution in [0.1, 0.15) is 33.3 Å². The van der Waals surface area contributed by atoms with Gasteiger partial charge < -0.3 is 25.0 Å². The fourth-order valence-electron chi connectivity index (χ4n) is 3.18. The highest BCUT2D eigenvalue weighted by Crippen LogP contribution is 2.32. The molecule has 0 heterocycles. The number of hydrogen-bond acceptors (Lipinski definition) is 4. The van der Waals surface area contributed by atoms with E-state index < -0.39 is 0 Å². The van der Waals surface area contributed by atoms with E-state index in [1.165, 1.54) is 0 Å². The van der Waals surface area contributed by atoms with Gasteiger partial charge in [-0.05, 0) is 55.8 Å². The maximum atomic E-state index is 12.4. The first kappa shape index (κ1) is 22.4. The molecule has 0 atom stereocenters. The van der Waals surface area contributed by atoms with Crippen molar-refractivity contribution in [2.24, 2.45) is 0 Å². The summed E-state index contributed by atoms with van der Waals surface area (Å²) in [4.78, 5) is 14.6. The molecule has 0 aliphatic heterocycles. The molecule has 0 saturated carbocycles. The van der Waals surface area contributed by atoms with Crippen LogP contribution in [0.25, 0.3) is 0 Å². The highest BCUT2D eigenvalue weighted by Gasteiger charge is 2.23. The molecule has 2 aromatic rings. The smallest absolute Gasteiger partial charge is 0.319 e. The molecule has 0 aromatic heterocycles. The molecule has 6 heteroatoms. The number of ether oxygens (including phenoxy) is 2. The SMILES string of the molecule is CCN(CC)c1ccc(NC(=O)NCC(C)(C)c2ccc(OC)c(OC)c2)cc1. The van der Waals surface area contributed by atoms with Crippen molar-refractivity contribution < 1.29 is 14.3 Å². The monoisotopic (exact) mass is 399 g/mol. The Kier molecular flexibility index (Phi) is 7.76. The van der Waals surface area contributed by atoms with Crippen LogP contribution in [-0.4, -0.2) is 39.9 Å². The molecule has 0 aliphatic rings. The van der Waals surface area contributed by atoms with E-state index >= 15 is 0 Å². The van der Waals surface area contributed by atoms with Crippen molar-refractivity contribution in [3.63, 3.8) is 0 Å². The summed E-state index contributed by atoms with van der Waals surface area (Å²) in [6, 6.07) is 13.5. The van der Waals surface area contributed by atoms with E-state index in [0.29, 0.717) is 18.0 Å². The molecule has 2 amide bonds. The maximum Gasteiger partial charge on any atom is 0.319 e. The lowest BCUT2D eigenvalue weighted by atomic mass is 9.84. The van der Waals surface area contributed by atoms with Crippen LogP contribution in [0, 0.1) is 0 Å². The zero-order valence-corrected chi connectivity index (χ0v) is 18.3. The number of urea groups is 1. The van der Waals surface area contributed by atoms with Gasteiger partial charge >= 0.3 is 6.03 Å². The van der Waals surface area contributed by atoms with E-state index in [1.54, 1.807) is 14.2 Å². The van der Waals surface area contributed by atoms with Crippen LogP contribution in [0.5, 0.6) is 11.5 Å². The molecule has 158 valence electrons. The number of carbonyl (C=O) groups is 1. The van der Waals surface area contributed by atoms with E-state index in [-0.39, 0.29) is 11.4 Å². The Morgan fingerprint density at radius 2 is 1.59 bits per heavy atom. The fraction of sp³-hybridized carbons (Fsp3) is 0.435. The number of nitrogens with zero attached hydrogens (tertiary/aromatic N) is 1. The first-order valence-corrected chi connectivity index (χ1v) is 9.97. The number of anilines is 2. The molecular formula is C23H33N3O3. The molecule has 0 bridgehead atoms. The minimum absolute atomic E-state index is 0.228. The van der Waals surface area contributed by atoms with Gasteiger partial charge in [0.25, 0.3) is 0 Å². The highest BCUT2D eigenvalue weighted by atomic mass is 16.5. The van der Waals surface area contributed by atoms with E-state index in [9.17, 15) is 4.79 Å². The third-order valence-corrected chi connectivity index (χ3v) is 5.11. The average molecular weight is 400 g/mol. The molecule has 6 nitrogen and oxygen atoms in total. The second-order valence-corrected chi connectivity index (χ2v) is 7.48. The van der Waals surface area contributed by atoms with Crippen molar-refractivity contribution in [2.75, 3.05) is 44.1 Å². The topological polar surface area (TPSA) is 62.8 Å².